The molecule has 1 atom stereocenters. The van der Waals surface area contributed by atoms with Crippen molar-refractivity contribution in [1.82, 2.24) is 5.16 Å². The minimum atomic E-state index is -1.13. The Labute approximate surface area is 98.2 Å². The van der Waals surface area contributed by atoms with Crippen LogP contribution in [0.3, 0.4) is 0 Å². The van der Waals surface area contributed by atoms with Gasteiger partial charge in [-0.15, -0.1) is 0 Å². The minimum absolute atomic E-state index is 0.149. The van der Waals surface area contributed by atoms with E-state index in [9.17, 15) is 4.39 Å². The Hall–Kier alpha value is -2.04. The average molecular weight is 236 g/mol. The zero-order valence-corrected chi connectivity index (χ0v) is 9.61. The minimum Gasteiger partial charge on any atom is -0.496 e. The number of hydrogen-bond acceptors (Lipinski definition) is 4. The molecule has 0 spiro atoms. The van der Waals surface area contributed by atoms with Crippen LogP contribution in [0.25, 0.3) is 11.1 Å². The molecule has 2 N–H and O–H groups in total. The van der Waals surface area contributed by atoms with E-state index in [1.807, 2.05) is 0 Å². The van der Waals surface area contributed by atoms with Crippen LogP contribution in [0.4, 0.5) is 10.3 Å². The van der Waals surface area contributed by atoms with Crippen LogP contribution in [-0.4, -0.2) is 12.3 Å². The fourth-order valence-corrected chi connectivity index (χ4v) is 1.77. The molecule has 2 rings (SSSR count). The highest BCUT2D eigenvalue weighted by molar-refractivity contribution is 5.80. The van der Waals surface area contributed by atoms with E-state index >= 15 is 0 Å². The number of nitrogens with two attached hydrogens (primary N) is 1. The predicted molar refractivity (Wildman–Crippen MR) is 62.4 cm³/mol. The van der Waals surface area contributed by atoms with Crippen molar-refractivity contribution in [2.24, 2.45) is 0 Å². The Balaban J connectivity index is 2.69. The fraction of sp³-hybridized carbons (Fsp3) is 0.250. The second kappa shape index (κ2) is 4.45. The average Bonchev–Trinajstić information content (AvgIpc) is 2.74. The van der Waals surface area contributed by atoms with Crippen molar-refractivity contribution in [3.05, 3.63) is 30.0 Å². The van der Waals surface area contributed by atoms with Gasteiger partial charge in [0.05, 0.1) is 18.9 Å². The molecule has 1 aromatic heterocycles. The van der Waals surface area contributed by atoms with E-state index in [1.165, 1.54) is 20.2 Å². The molecule has 90 valence electrons. The zero-order valence-electron chi connectivity index (χ0n) is 9.61. The highest BCUT2D eigenvalue weighted by atomic mass is 19.1. The Morgan fingerprint density at radius 2 is 2.24 bits per heavy atom. The van der Waals surface area contributed by atoms with Gasteiger partial charge in [-0.3, -0.25) is 0 Å². The SMILES string of the molecule is COc1cccc(C(C)F)c1-c1cnoc1N. The topological polar surface area (TPSA) is 61.3 Å². The van der Waals surface area contributed by atoms with Gasteiger partial charge in [0.15, 0.2) is 0 Å². The zero-order chi connectivity index (χ0) is 12.4. The number of methoxy groups -OCH3 is 1. The predicted octanol–water partition coefficient (Wildman–Crippen LogP) is 2.96. The number of nitrogen functional groups attached to an aromatic ring is 1. The van der Waals surface area contributed by atoms with E-state index in [1.54, 1.807) is 18.2 Å². The lowest BCUT2D eigenvalue weighted by Gasteiger charge is -2.13. The standard InChI is InChI=1S/C12H13FN2O2/c1-7(13)8-4-3-5-10(16-2)11(8)9-6-15-17-12(9)14/h3-7H,14H2,1-2H3. The molecule has 0 aliphatic carbocycles. The van der Waals surface area contributed by atoms with Gasteiger partial charge in [0.2, 0.25) is 5.88 Å². The lowest BCUT2D eigenvalue weighted by molar-refractivity contribution is 0.371. The normalized spacial score (nSPS) is 12.4. The van der Waals surface area contributed by atoms with E-state index in [4.69, 9.17) is 15.0 Å². The molecule has 0 radical (unpaired) electrons. The van der Waals surface area contributed by atoms with Gasteiger partial charge in [-0.1, -0.05) is 17.3 Å². The first-order valence-corrected chi connectivity index (χ1v) is 5.16. The molecule has 0 aliphatic rings. The van der Waals surface area contributed by atoms with Crippen LogP contribution in [0, 0.1) is 0 Å². The van der Waals surface area contributed by atoms with Gasteiger partial charge in [-0.05, 0) is 18.6 Å². The van der Waals surface area contributed by atoms with Crippen LogP contribution >= 0.6 is 0 Å². The molecule has 0 fully saturated rings. The molecule has 5 heteroatoms. The Morgan fingerprint density at radius 3 is 2.76 bits per heavy atom. The van der Waals surface area contributed by atoms with Crippen LogP contribution in [0.15, 0.2) is 28.9 Å². The van der Waals surface area contributed by atoms with Gasteiger partial charge in [-0.25, -0.2) is 4.39 Å². The number of nitrogens with zero attached hydrogens (tertiary/aromatic N) is 1. The summed E-state index contributed by atoms with van der Waals surface area (Å²) in [5.74, 6) is 0.693. The van der Waals surface area contributed by atoms with Crippen molar-refractivity contribution in [2.75, 3.05) is 12.8 Å². The number of ether oxygens (including phenoxy) is 1. The third-order valence-corrected chi connectivity index (χ3v) is 2.57. The maximum absolute atomic E-state index is 13.6. The number of rotatable bonds is 3. The summed E-state index contributed by atoms with van der Waals surface area (Å²) < 4.78 is 23.6. The van der Waals surface area contributed by atoms with Crippen molar-refractivity contribution in [2.45, 2.75) is 13.1 Å². The summed E-state index contributed by atoms with van der Waals surface area (Å²) in [6, 6.07) is 5.17. The van der Waals surface area contributed by atoms with Crippen LogP contribution in [0.5, 0.6) is 5.75 Å². The van der Waals surface area contributed by atoms with E-state index in [-0.39, 0.29) is 5.88 Å². The summed E-state index contributed by atoms with van der Waals surface area (Å²) >= 11 is 0. The summed E-state index contributed by atoms with van der Waals surface area (Å²) in [6.45, 7) is 1.46. The third-order valence-electron chi connectivity index (χ3n) is 2.57. The van der Waals surface area contributed by atoms with Gasteiger partial charge in [0.1, 0.15) is 11.9 Å². The van der Waals surface area contributed by atoms with Crippen LogP contribution in [0.2, 0.25) is 0 Å². The Morgan fingerprint density at radius 1 is 1.47 bits per heavy atom. The van der Waals surface area contributed by atoms with Crippen molar-refractivity contribution >= 4 is 5.88 Å². The molecule has 1 unspecified atom stereocenters. The van der Waals surface area contributed by atoms with E-state index in [2.05, 4.69) is 5.16 Å². The smallest absolute Gasteiger partial charge is 0.230 e. The highest BCUT2D eigenvalue weighted by Crippen LogP contribution is 2.39. The van der Waals surface area contributed by atoms with Crippen LogP contribution in [0.1, 0.15) is 18.7 Å². The first-order valence-electron chi connectivity index (χ1n) is 5.16. The molecule has 0 saturated heterocycles. The Bertz CT molecular complexity index is 523. The van der Waals surface area contributed by atoms with Crippen LogP contribution in [-0.2, 0) is 0 Å². The number of benzene rings is 1. The third kappa shape index (κ3) is 1.95. The molecule has 4 nitrogen and oxygen atoms in total. The van der Waals surface area contributed by atoms with Crippen molar-refractivity contribution in [1.29, 1.82) is 0 Å². The lowest BCUT2D eigenvalue weighted by Crippen LogP contribution is -1.96. The second-order valence-electron chi connectivity index (χ2n) is 3.64. The van der Waals surface area contributed by atoms with Gasteiger partial charge < -0.3 is 15.0 Å². The largest absolute Gasteiger partial charge is 0.496 e. The summed E-state index contributed by atoms with van der Waals surface area (Å²) in [5, 5.41) is 3.60. The number of anilines is 1. The van der Waals surface area contributed by atoms with Crippen molar-refractivity contribution in [3.63, 3.8) is 0 Å². The maximum atomic E-state index is 13.6. The summed E-state index contributed by atoms with van der Waals surface area (Å²) in [6.07, 6.45) is 0.327. The summed E-state index contributed by atoms with van der Waals surface area (Å²) in [4.78, 5) is 0. The number of hydrogen-bond donors (Lipinski definition) is 1. The van der Waals surface area contributed by atoms with Crippen molar-refractivity contribution in [3.8, 4) is 16.9 Å². The maximum Gasteiger partial charge on any atom is 0.230 e. The molecule has 1 heterocycles. The highest BCUT2D eigenvalue weighted by Gasteiger charge is 2.19. The van der Waals surface area contributed by atoms with Gasteiger partial charge >= 0.3 is 0 Å². The molecule has 1 aromatic carbocycles. The fourth-order valence-electron chi connectivity index (χ4n) is 1.77. The van der Waals surface area contributed by atoms with Crippen LogP contribution < -0.4 is 10.5 Å². The van der Waals surface area contributed by atoms with E-state index in [0.717, 1.165) is 0 Å². The quantitative estimate of drug-likeness (QED) is 0.889. The first kappa shape index (κ1) is 11.4. The first-order chi connectivity index (χ1) is 8.15. The van der Waals surface area contributed by atoms with Gasteiger partial charge in [0.25, 0.3) is 0 Å². The van der Waals surface area contributed by atoms with Gasteiger partial charge in [-0.2, -0.15) is 0 Å². The van der Waals surface area contributed by atoms with E-state index in [0.29, 0.717) is 22.4 Å². The number of aromatic nitrogens is 1. The monoisotopic (exact) mass is 236 g/mol. The molecule has 2 aromatic rings. The summed E-state index contributed by atoms with van der Waals surface area (Å²) in [5.41, 5.74) is 7.29. The molecule has 0 amide bonds. The number of halogens is 1. The molecule has 0 saturated carbocycles. The molecule has 0 bridgehead atoms. The lowest BCUT2D eigenvalue weighted by atomic mass is 9.98. The summed E-state index contributed by atoms with van der Waals surface area (Å²) in [7, 11) is 1.52. The molecular formula is C12H13FN2O2. The van der Waals surface area contributed by atoms with E-state index < -0.39 is 6.17 Å². The Kier molecular flexibility index (Phi) is 2.99. The number of alkyl halides is 1. The van der Waals surface area contributed by atoms with Crippen molar-refractivity contribution < 1.29 is 13.7 Å². The van der Waals surface area contributed by atoms with Gasteiger partial charge in [0, 0.05) is 5.56 Å². The molecule has 17 heavy (non-hydrogen) atoms. The second-order valence-corrected chi connectivity index (χ2v) is 3.64. The molecule has 0 aliphatic heterocycles. The molecular weight excluding hydrogens is 223 g/mol.